The lowest BCUT2D eigenvalue weighted by Crippen LogP contribution is -1.92. The number of rotatable bonds is 5. The largest absolute Gasteiger partial charge is 0.436 e. The molecule has 0 bridgehead atoms. The summed E-state index contributed by atoms with van der Waals surface area (Å²) in [5, 5.41) is 10.4. The smallest absolute Gasteiger partial charge is 0.296 e. The third kappa shape index (κ3) is 3.45. The second kappa shape index (κ2) is 5.63. The zero-order chi connectivity index (χ0) is 12.2. The predicted molar refractivity (Wildman–Crippen MR) is 68.5 cm³/mol. The van der Waals surface area contributed by atoms with Crippen LogP contribution in [0.4, 0.5) is 5.69 Å². The molecule has 0 spiro atoms. The first-order valence-corrected chi connectivity index (χ1v) is 8.63. The van der Waals surface area contributed by atoms with Gasteiger partial charge in [0.25, 0.3) is 11.4 Å². The Hall–Kier alpha value is -0.620. The number of non-ortho nitro benzene ring substituents is 1. The summed E-state index contributed by atoms with van der Waals surface area (Å²) in [6.45, 7) is 0. The zero-order valence-electron chi connectivity index (χ0n) is 8.65. The fraction of sp³-hybridized carbons (Fsp3) is 0.250. The van der Waals surface area contributed by atoms with Crippen molar-refractivity contribution in [3.63, 3.8) is 0 Å². The summed E-state index contributed by atoms with van der Waals surface area (Å²) in [5.41, 5.74) is -2.35. The van der Waals surface area contributed by atoms with Crippen molar-refractivity contribution in [1.29, 1.82) is 0 Å². The van der Waals surface area contributed by atoms with Crippen molar-refractivity contribution in [2.45, 2.75) is 0 Å². The van der Waals surface area contributed by atoms with Crippen LogP contribution in [0.25, 0.3) is 0 Å². The van der Waals surface area contributed by atoms with Gasteiger partial charge in [0.15, 0.2) is 0 Å². The van der Waals surface area contributed by atoms with Crippen LogP contribution in [0.1, 0.15) is 0 Å². The van der Waals surface area contributed by atoms with Gasteiger partial charge in [-0.05, 0) is 30.2 Å². The average Bonchev–Trinajstić information content (AvgIpc) is 2.29. The maximum atomic E-state index is 10.4. The van der Waals surface area contributed by atoms with E-state index in [4.69, 9.17) is 20.9 Å². The molecule has 0 aromatic heterocycles. The first-order chi connectivity index (χ1) is 7.50. The van der Waals surface area contributed by atoms with Crippen molar-refractivity contribution in [1.82, 2.24) is 0 Å². The first-order valence-electron chi connectivity index (χ1n) is 4.16. The lowest BCUT2D eigenvalue weighted by Gasteiger charge is -2.17. The number of nitro benzene ring substituents is 1. The fourth-order valence-electron chi connectivity index (χ4n) is 0.907. The molecule has 0 N–H and O–H groups in total. The minimum Gasteiger partial charge on any atom is -0.436 e. The quantitative estimate of drug-likeness (QED) is 0.468. The van der Waals surface area contributed by atoms with Gasteiger partial charge in [-0.25, -0.2) is 0 Å². The Morgan fingerprint density at radius 2 is 2.00 bits per heavy atom. The molecule has 1 rings (SSSR count). The standard InChI is InChI=1S/C8H10NO4PS2/c1-12-14(15,16-2)13-8-5-3-7(4-6-8)9(10)11/h3-6H,1-2H3/t14-/m1/s1. The Kier molecular flexibility index (Phi) is 4.73. The molecule has 0 fully saturated rings. The lowest BCUT2D eigenvalue weighted by molar-refractivity contribution is -0.384. The highest BCUT2D eigenvalue weighted by Crippen LogP contribution is 2.58. The molecule has 0 heterocycles. The Balaban J connectivity index is 2.83. The van der Waals surface area contributed by atoms with E-state index in [9.17, 15) is 10.1 Å². The van der Waals surface area contributed by atoms with E-state index in [0.29, 0.717) is 5.75 Å². The predicted octanol–water partition coefficient (Wildman–Crippen LogP) is 3.21. The van der Waals surface area contributed by atoms with Crippen LogP contribution in [-0.4, -0.2) is 18.3 Å². The van der Waals surface area contributed by atoms with E-state index in [1.54, 1.807) is 6.26 Å². The highest BCUT2D eigenvalue weighted by atomic mass is 32.9. The topological polar surface area (TPSA) is 61.6 Å². The molecule has 0 aliphatic heterocycles. The summed E-state index contributed by atoms with van der Waals surface area (Å²) in [4.78, 5) is 9.96. The third-order valence-corrected chi connectivity index (χ3v) is 7.07. The van der Waals surface area contributed by atoms with Gasteiger partial charge in [-0.1, -0.05) is 11.4 Å². The molecular formula is C8H10NO4PS2. The number of nitrogens with zero attached hydrogens (tertiary/aromatic N) is 1. The zero-order valence-corrected chi connectivity index (χ0v) is 11.2. The number of hydrogen-bond acceptors (Lipinski definition) is 6. The van der Waals surface area contributed by atoms with Crippen molar-refractivity contribution in [2.24, 2.45) is 0 Å². The fourth-order valence-corrected chi connectivity index (χ4v) is 2.77. The van der Waals surface area contributed by atoms with Crippen molar-refractivity contribution in [2.75, 3.05) is 13.4 Å². The van der Waals surface area contributed by atoms with Gasteiger partial charge >= 0.3 is 0 Å². The molecule has 1 atom stereocenters. The Bertz CT molecular complexity index is 415. The summed E-state index contributed by atoms with van der Waals surface area (Å²) in [7, 11) is 1.49. The van der Waals surface area contributed by atoms with Crippen LogP contribution < -0.4 is 4.52 Å². The van der Waals surface area contributed by atoms with E-state index in [-0.39, 0.29) is 5.69 Å². The Morgan fingerprint density at radius 1 is 1.44 bits per heavy atom. The monoisotopic (exact) mass is 279 g/mol. The molecule has 8 heteroatoms. The third-order valence-electron chi connectivity index (χ3n) is 1.71. The Labute approximate surface area is 102 Å². The maximum Gasteiger partial charge on any atom is 0.296 e. The first kappa shape index (κ1) is 13.4. The van der Waals surface area contributed by atoms with Gasteiger partial charge in [0.05, 0.1) is 4.92 Å². The highest BCUT2D eigenvalue weighted by Gasteiger charge is 2.17. The van der Waals surface area contributed by atoms with Gasteiger partial charge in [-0.3, -0.25) is 10.1 Å². The lowest BCUT2D eigenvalue weighted by atomic mass is 10.3. The Morgan fingerprint density at radius 3 is 2.38 bits per heavy atom. The molecule has 0 aliphatic rings. The molecule has 5 nitrogen and oxygen atoms in total. The number of benzene rings is 1. The van der Waals surface area contributed by atoms with Crippen LogP contribution in [0.15, 0.2) is 24.3 Å². The van der Waals surface area contributed by atoms with E-state index in [0.717, 1.165) is 0 Å². The van der Waals surface area contributed by atoms with Crippen LogP contribution in [0.3, 0.4) is 0 Å². The van der Waals surface area contributed by atoms with E-state index in [1.165, 1.54) is 42.8 Å². The molecule has 16 heavy (non-hydrogen) atoms. The molecular weight excluding hydrogens is 269 g/mol. The van der Waals surface area contributed by atoms with Crippen LogP contribution >= 0.6 is 17.1 Å². The molecule has 1 aromatic rings. The molecule has 1 aromatic carbocycles. The summed E-state index contributed by atoms with van der Waals surface area (Å²) >= 11 is 6.49. The van der Waals surface area contributed by atoms with Crippen LogP contribution in [-0.2, 0) is 16.3 Å². The number of hydrogen-bond donors (Lipinski definition) is 0. The van der Waals surface area contributed by atoms with Crippen molar-refractivity contribution < 1.29 is 14.0 Å². The average molecular weight is 279 g/mol. The number of nitro groups is 1. The molecule has 88 valence electrons. The van der Waals surface area contributed by atoms with Crippen LogP contribution in [0, 0.1) is 10.1 Å². The van der Waals surface area contributed by atoms with Crippen molar-refractivity contribution in [3.05, 3.63) is 34.4 Å². The normalized spacial score (nSPS) is 14.1. The van der Waals surface area contributed by atoms with Gasteiger partial charge in [0.2, 0.25) is 0 Å². The summed E-state index contributed by atoms with van der Waals surface area (Å²) in [5.74, 6) is 0.477. The molecule has 0 saturated carbocycles. The van der Waals surface area contributed by atoms with E-state index >= 15 is 0 Å². The molecule has 0 aliphatic carbocycles. The summed E-state index contributed by atoms with van der Waals surface area (Å²) < 4.78 is 10.6. The van der Waals surface area contributed by atoms with Crippen molar-refractivity contribution in [3.8, 4) is 5.75 Å². The van der Waals surface area contributed by atoms with Gasteiger partial charge in [0.1, 0.15) is 5.75 Å². The van der Waals surface area contributed by atoms with E-state index in [1.807, 2.05) is 0 Å². The maximum absolute atomic E-state index is 10.4. The van der Waals surface area contributed by atoms with E-state index in [2.05, 4.69) is 0 Å². The second-order valence-corrected chi connectivity index (χ2v) is 9.14. The van der Waals surface area contributed by atoms with Gasteiger partial charge in [-0.2, -0.15) is 0 Å². The van der Waals surface area contributed by atoms with Crippen molar-refractivity contribution >= 4 is 34.6 Å². The van der Waals surface area contributed by atoms with Crippen LogP contribution in [0.5, 0.6) is 5.75 Å². The highest BCUT2D eigenvalue weighted by molar-refractivity contribution is 8.67. The van der Waals surface area contributed by atoms with E-state index < -0.39 is 10.6 Å². The van der Waals surface area contributed by atoms with Gasteiger partial charge in [-0.15, -0.1) is 0 Å². The van der Waals surface area contributed by atoms with Crippen LogP contribution in [0.2, 0.25) is 0 Å². The van der Waals surface area contributed by atoms with Gasteiger partial charge < -0.3 is 9.05 Å². The van der Waals surface area contributed by atoms with Gasteiger partial charge in [0, 0.05) is 19.2 Å². The molecule has 0 radical (unpaired) electrons. The second-order valence-electron chi connectivity index (χ2n) is 2.65. The summed E-state index contributed by atoms with van der Waals surface area (Å²) in [6, 6.07) is 5.75. The summed E-state index contributed by atoms with van der Waals surface area (Å²) in [6.07, 6.45) is 1.80. The molecule has 0 saturated heterocycles. The minimum absolute atomic E-state index is 0.0159. The molecule has 0 unspecified atom stereocenters. The molecule has 0 amide bonds. The minimum atomic E-state index is -2.36. The SMILES string of the molecule is CO[P@](=S)(Oc1ccc([N+](=O)[O-])cc1)SC.